The molecule has 0 amide bonds. The van der Waals surface area contributed by atoms with Crippen molar-refractivity contribution in [1.29, 1.82) is 0 Å². The van der Waals surface area contributed by atoms with Gasteiger partial charge in [0.15, 0.2) is 15.5 Å². The SMILES string of the molecule is Cc1nc2c(C(=O)O)nc(-c3cccs3)cc2n1[C@@H]1CCS(=O)(=O)C1. The van der Waals surface area contributed by atoms with Gasteiger partial charge < -0.3 is 9.67 Å². The normalized spacial score (nSPS) is 19.5. The second-order valence-electron chi connectivity index (χ2n) is 6.09. The number of carboxylic acid groups (broad SMARTS) is 1. The highest BCUT2D eigenvalue weighted by molar-refractivity contribution is 7.91. The predicted molar refractivity (Wildman–Crippen MR) is 94.8 cm³/mol. The molecule has 7 nitrogen and oxygen atoms in total. The number of aromatic nitrogens is 3. The van der Waals surface area contributed by atoms with Crippen LogP contribution in [0.15, 0.2) is 23.6 Å². The first-order valence-electron chi connectivity index (χ1n) is 7.73. The van der Waals surface area contributed by atoms with Crippen LogP contribution in [0.25, 0.3) is 21.6 Å². The Kier molecular flexibility index (Phi) is 3.66. The first-order valence-corrected chi connectivity index (χ1v) is 10.4. The van der Waals surface area contributed by atoms with Crippen LogP contribution in [-0.2, 0) is 9.84 Å². The summed E-state index contributed by atoms with van der Waals surface area (Å²) in [4.78, 5) is 21.2. The lowest BCUT2D eigenvalue weighted by Gasteiger charge is -2.14. The van der Waals surface area contributed by atoms with E-state index in [1.807, 2.05) is 22.1 Å². The zero-order chi connectivity index (χ0) is 17.8. The Hall–Kier alpha value is -2.26. The number of aryl methyl sites for hydroxylation is 1. The van der Waals surface area contributed by atoms with Gasteiger partial charge in [0.2, 0.25) is 0 Å². The first kappa shape index (κ1) is 16.2. The van der Waals surface area contributed by atoms with Crippen LogP contribution in [0, 0.1) is 6.92 Å². The molecule has 0 aliphatic carbocycles. The molecule has 4 rings (SSSR count). The molecule has 1 saturated heterocycles. The minimum atomic E-state index is -3.07. The van der Waals surface area contributed by atoms with E-state index in [0.29, 0.717) is 29.0 Å². The van der Waals surface area contributed by atoms with Crippen LogP contribution in [0.1, 0.15) is 28.8 Å². The standard InChI is InChI=1S/C16H15N3O4S2/c1-9-17-14-12(19(9)10-4-6-25(22,23)8-10)7-11(13-3-2-5-24-13)18-15(14)16(20)21/h2-3,5,7,10H,4,6,8H2,1H3,(H,20,21)/t10-/m1/s1. The number of aromatic carboxylic acids is 1. The molecule has 1 fully saturated rings. The molecular formula is C16H15N3O4S2. The van der Waals surface area contributed by atoms with Crippen molar-refractivity contribution in [2.24, 2.45) is 0 Å². The molecule has 0 radical (unpaired) electrons. The number of imidazole rings is 1. The van der Waals surface area contributed by atoms with E-state index in [1.165, 1.54) is 11.3 Å². The molecule has 0 spiro atoms. The van der Waals surface area contributed by atoms with Crippen LogP contribution >= 0.6 is 11.3 Å². The second-order valence-corrected chi connectivity index (χ2v) is 9.27. The number of sulfone groups is 1. The maximum absolute atomic E-state index is 11.9. The van der Waals surface area contributed by atoms with Gasteiger partial charge in [0.25, 0.3) is 0 Å². The van der Waals surface area contributed by atoms with Crippen LogP contribution in [-0.4, -0.2) is 45.5 Å². The summed E-state index contributed by atoms with van der Waals surface area (Å²) in [6.07, 6.45) is 0.508. The number of fused-ring (bicyclic) bond motifs is 1. The average Bonchev–Trinajstić information content (AvgIpc) is 3.24. The van der Waals surface area contributed by atoms with Crippen molar-refractivity contribution in [2.75, 3.05) is 11.5 Å². The van der Waals surface area contributed by atoms with Gasteiger partial charge in [-0.1, -0.05) is 6.07 Å². The third-order valence-electron chi connectivity index (χ3n) is 4.40. The predicted octanol–water partition coefficient (Wildman–Crippen LogP) is 2.53. The summed E-state index contributed by atoms with van der Waals surface area (Å²) in [6.45, 7) is 1.77. The summed E-state index contributed by atoms with van der Waals surface area (Å²) in [5, 5.41) is 11.4. The molecule has 0 aromatic carbocycles. The molecule has 1 atom stereocenters. The summed E-state index contributed by atoms with van der Waals surface area (Å²) in [7, 11) is -3.07. The lowest BCUT2D eigenvalue weighted by atomic mass is 10.2. The fourth-order valence-corrected chi connectivity index (χ4v) is 5.73. The van der Waals surface area contributed by atoms with Gasteiger partial charge in [-0.05, 0) is 30.9 Å². The first-order chi connectivity index (χ1) is 11.9. The second kappa shape index (κ2) is 5.63. The molecule has 1 aliphatic heterocycles. The van der Waals surface area contributed by atoms with Crippen LogP contribution in [0.2, 0.25) is 0 Å². The maximum Gasteiger partial charge on any atom is 0.356 e. The third-order valence-corrected chi connectivity index (χ3v) is 7.05. The number of carbonyl (C=O) groups is 1. The fourth-order valence-electron chi connectivity index (χ4n) is 3.35. The molecule has 1 aliphatic rings. The third kappa shape index (κ3) is 2.73. The van der Waals surface area contributed by atoms with Gasteiger partial charge in [0, 0.05) is 0 Å². The van der Waals surface area contributed by atoms with Crippen molar-refractivity contribution in [3.8, 4) is 10.6 Å². The quantitative estimate of drug-likeness (QED) is 0.752. The van der Waals surface area contributed by atoms with E-state index in [-0.39, 0.29) is 23.2 Å². The zero-order valence-electron chi connectivity index (χ0n) is 13.3. The van der Waals surface area contributed by atoms with Crippen molar-refractivity contribution in [3.05, 3.63) is 35.1 Å². The van der Waals surface area contributed by atoms with Crippen LogP contribution in [0.3, 0.4) is 0 Å². The number of carboxylic acids is 1. The maximum atomic E-state index is 11.9. The number of rotatable bonds is 3. The van der Waals surface area contributed by atoms with Crippen LogP contribution in [0.5, 0.6) is 0 Å². The van der Waals surface area contributed by atoms with E-state index >= 15 is 0 Å². The van der Waals surface area contributed by atoms with E-state index in [0.717, 1.165) is 4.88 Å². The number of pyridine rings is 1. The fraction of sp³-hybridized carbons (Fsp3) is 0.312. The lowest BCUT2D eigenvalue weighted by molar-refractivity contribution is 0.0692. The molecule has 0 bridgehead atoms. The van der Waals surface area contributed by atoms with E-state index in [2.05, 4.69) is 9.97 Å². The molecule has 9 heteroatoms. The number of nitrogens with zero attached hydrogens (tertiary/aromatic N) is 3. The van der Waals surface area contributed by atoms with E-state index in [9.17, 15) is 18.3 Å². The van der Waals surface area contributed by atoms with E-state index in [1.54, 1.807) is 13.0 Å². The van der Waals surface area contributed by atoms with Gasteiger partial charge in [-0.15, -0.1) is 11.3 Å². The molecule has 25 heavy (non-hydrogen) atoms. The van der Waals surface area contributed by atoms with Gasteiger partial charge in [-0.3, -0.25) is 0 Å². The van der Waals surface area contributed by atoms with Gasteiger partial charge in [-0.25, -0.2) is 23.2 Å². The molecule has 3 aromatic rings. The Bertz CT molecular complexity index is 1080. The largest absolute Gasteiger partial charge is 0.476 e. The average molecular weight is 377 g/mol. The van der Waals surface area contributed by atoms with Gasteiger partial charge in [-0.2, -0.15) is 0 Å². The minimum absolute atomic E-state index is 0.0539. The summed E-state index contributed by atoms with van der Waals surface area (Å²) in [5.41, 5.74) is 1.37. The summed E-state index contributed by atoms with van der Waals surface area (Å²) in [6, 6.07) is 5.32. The van der Waals surface area contributed by atoms with Crippen LogP contribution in [0.4, 0.5) is 0 Å². The van der Waals surface area contributed by atoms with E-state index < -0.39 is 15.8 Å². The minimum Gasteiger partial charge on any atom is -0.476 e. The Morgan fingerprint density at radius 3 is 2.80 bits per heavy atom. The topological polar surface area (TPSA) is 102 Å². The van der Waals surface area contributed by atoms with Crippen molar-refractivity contribution in [1.82, 2.24) is 14.5 Å². The monoisotopic (exact) mass is 377 g/mol. The van der Waals surface area contributed by atoms with Gasteiger partial charge in [0.1, 0.15) is 11.3 Å². The Labute approximate surface area is 147 Å². The Morgan fingerprint density at radius 1 is 1.40 bits per heavy atom. The highest BCUT2D eigenvalue weighted by Crippen LogP contribution is 2.33. The number of thiophene rings is 1. The molecule has 4 heterocycles. The lowest BCUT2D eigenvalue weighted by Crippen LogP contribution is -2.12. The van der Waals surface area contributed by atoms with Crippen molar-refractivity contribution >= 4 is 38.2 Å². The van der Waals surface area contributed by atoms with Gasteiger partial charge >= 0.3 is 5.97 Å². The zero-order valence-corrected chi connectivity index (χ0v) is 15.0. The summed E-state index contributed by atoms with van der Waals surface area (Å²) >= 11 is 1.47. The van der Waals surface area contributed by atoms with Crippen molar-refractivity contribution < 1.29 is 18.3 Å². The molecular weight excluding hydrogens is 362 g/mol. The number of hydrogen-bond acceptors (Lipinski definition) is 6. The highest BCUT2D eigenvalue weighted by atomic mass is 32.2. The Morgan fingerprint density at radius 2 is 2.20 bits per heavy atom. The van der Waals surface area contributed by atoms with Gasteiger partial charge in [0.05, 0.1) is 33.6 Å². The van der Waals surface area contributed by atoms with Crippen molar-refractivity contribution in [3.63, 3.8) is 0 Å². The summed E-state index contributed by atoms with van der Waals surface area (Å²) < 4.78 is 25.6. The smallest absolute Gasteiger partial charge is 0.356 e. The molecule has 130 valence electrons. The van der Waals surface area contributed by atoms with Crippen LogP contribution < -0.4 is 0 Å². The van der Waals surface area contributed by atoms with Crippen molar-refractivity contribution in [2.45, 2.75) is 19.4 Å². The van der Waals surface area contributed by atoms with E-state index in [4.69, 9.17) is 0 Å². The molecule has 1 N–H and O–H groups in total. The molecule has 0 unspecified atom stereocenters. The number of hydrogen-bond donors (Lipinski definition) is 1. The highest BCUT2D eigenvalue weighted by Gasteiger charge is 2.32. The molecule has 3 aromatic heterocycles. The molecule has 0 saturated carbocycles. The summed E-state index contributed by atoms with van der Waals surface area (Å²) in [5.74, 6) is -0.346. The Balaban J connectivity index is 1.98.